The summed E-state index contributed by atoms with van der Waals surface area (Å²) in [5.74, 6) is 0.893. The van der Waals surface area contributed by atoms with Gasteiger partial charge in [0, 0.05) is 32.4 Å². The summed E-state index contributed by atoms with van der Waals surface area (Å²) in [6.45, 7) is 1.63. The first kappa shape index (κ1) is 15.5. The SMILES string of the molecule is COc1cccc(C(CNCc2ccn(C)n2)N(C)C)c1. The molecular weight excluding hydrogens is 264 g/mol. The number of aromatic nitrogens is 2. The van der Waals surface area contributed by atoms with Crippen LogP contribution in [0.4, 0.5) is 0 Å². The highest BCUT2D eigenvalue weighted by molar-refractivity contribution is 5.30. The van der Waals surface area contributed by atoms with E-state index in [0.717, 1.165) is 24.5 Å². The van der Waals surface area contributed by atoms with Gasteiger partial charge in [0.15, 0.2) is 0 Å². The highest BCUT2D eigenvalue weighted by Crippen LogP contribution is 2.22. The molecule has 0 saturated heterocycles. The molecule has 2 aromatic rings. The van der Waals surface area contributed by atoms with Gasteiger partial charge in [0.2, 0.25) is 0 Å². The van der Waals surface area contributed by atoms with Crippen molar-refractivity contribution in [2.24, 2.45) is 7.05 Å². The predicted octanol–water partition coefficient (Wildman–Crippen LogP) is 1.82. The number of likely N-dealkylation sites (N-methyl/N-ethyl adjacent to an activating group) is 1. The van der Waals surface area contributed by atoms with Crippen LogP contribution in [0.25, 0.3) is 0 Å². The van der Waals surface area contributed by atoms with Crippen molar-refractivity contribution < 1.29 is 4.74 Å². The van der Waals surface area contributed by atoms with Crippen molar-refractivity contribution in [3.63, 3.8) is 0 Å². The number of rotatable bonds is 7. The van der Waals surface area contributed by atoms with Gasteiger partial charge in [-0.1, -0.05) is 12.1 Å². The average Bonchev–Trinajstić information content (AvgIpc) is 2.89. The molecule has 1 atom stereocenters. The molecule has 1 heterocycles. The molecule has 5 nitrogen and oxygen atoms in total. The monoisotopic (exact) mass is 288 g/mol. The number of nitrogens with zero attached hydrogens (tertiary/aromatic N) is 3. The topological polar surface area (TPSA) is 42.3 Å². The van der Waals surface area contributed by atoms with E-state index >= 15 is 0 Å². The zero-order valence-electron chi connectivity index (χ0n) is 13.2. The van der Waals surface area contributed by atoms with Crippen LogP contribution in [0.3, 0.4) is 0 Å². The van der Waals surface area contributed by atoms with Crippen molar-refractivity contribution in [2.45, 2.75) is 12.6 Å². The lowest BCUT2D eigenvalue weighted by molar-refractivity contribution is 0.287. The fourth-order valence-corrected chi connectivity index (χ4v) is 2.34. The van der Waals surface area contributed by atoms with Crippen molar-refractivity contribution in [3.8, 4) is 5.75 Å². The van der Waals surface area contributed by atoms with Crippen LogP contribution in [-0.2, 0) is 13.6 Å². The molecule has 5 heteroatoms. The summed E-state index contributed by atoms with van der Waals surface area (Å²) in [4.78, 5) is 2.21. The van der Waals surface area contributed by atoms with Crippen LogP contribution in [0.15, 0.2) is 36.5 Å². The third-order valence-electron chi connectivity index (χ3n) is 3.51. The van der Waals surface area contributed by atoms with Gasteiger partial charge in [-0.25, -0.2) is 0 Å². The first-order chi connectivity index (χ1) is 10.1. The molecule has 0 spiro atoms. The zero-order valence-corrected chi connectivity index (χ0v) is 13.2. The highest BCUT2D eigenvalue weighted by Gasteiger charge is 2.14. The second-order valence-electron chi connectivity index (χ2n) is 5.37. The lowest BCUT2D eigenvalue weighted by Gasteiger charge is -2.25. The van der Waals surface area contributed by atoms with E-state index < -0.39 is 0 Å². The molecule has 114 valence electrons. The van der Waals surface area contributed by atoms with Crippen LogP contribution in [0.1, 0.15) is 17.3 Å². The van der Waals surface area contributed by atoms with Gasteiger partial charge in [0.25, 0.3) is 0 Å². The Hall–Kier alpha value is -1.85. The third-order valence-corrected chi connectivity index (χ3v) is 3.51. The Balaban J connectivity index is 1.98. The van der Waals surface area contributed by atoms with E-state index in [-0.39, 0.29) is 0 Å². The van der Waals surface area contributed by atoms with Gasteiger partial charge in [-0.15, -0.1) is 0 Å². The minimum atomic E-state index is 0.295. The molecule has 1 aromatic heterocycles. The number of ether oxygens (including phenoxy) is 1. The quantitative estimate of drug-likeness (QED) is 0.844. The molecule has 0 aliphatic rings. The summed E-state index contributed by atoms with van der Waals surface area (Å²) < 4.78 is 7.13. The molecule has 2 rings (SSSR count). The van der Waals surface area contributed by atoms with Crippen LogP contribution in [0, 0.1) is 0 Å². The zero-order chi connectivity index (χ0) is 15.2. The van der Waals surface area contributed by atoms with E-state index in [1.54, 1.807) is 7.11 Å². The van der Waals surface area contributed by atoms with Crippen LogP contribution in [0.5, 0.6) is 5.75 Å². The van der Waals surface area contributed by atoms with Crippen LogP contribution >= 0.6 is 0 Å². The number of methoxy groups -OCH3 is 1. The maximum Gasteiger partial charge on any atom is 0.119 e. The van der Waals surface area contributed by atoms with E-state index in [9.17, 15) is 0 Å². The summed E-state index contributed by atoms with van der Waals surface area (Å²) in [6, 6.07) is 10.6. The summed E-state index contributed by atoms with van der Waals surface area (Å²) >= 11 is 0. The van der Waals surface area contributed by atoms with Gasteiger partial charge in [-0.2, -0.15) is 5.10 Å². The standard InChI is InChI=1S/C16H24N4O/c1-19(2)16(13-6-5-7-15(10-13)21-4)12-17-11-14-8-9-20(3)18-14/h5-10,16-17H,11-12H2,1-4H3. The summed E-state index contributed by atoms with van der Waals surface area (Å²) in [5, 5.41) is 7.85. The van der Waals surface area contributed by atoms with Crippen LogP contribution in [0.2, 0.25) is 0 Å². The molecule has 21 heavy (non-hydrogen) atoms. The summed E-state index contributed by atoms with van der Waals surface area (Å²) in [7, 11) is 7.81. The molecule has 0 fully saturated rings. The third kappa shape index (κ3) is 4.31. The molecule has 0 saturated carbocycles. The van der Waals surface area contributed by atoms with Crippen molar-refractivity contribution in [1.82, 2.24) is 20.0 Å². The van der Waals surface area contributed by atoms with Crippen LogP contribution < -0.4 is 10.1 Å². The summed E-state index contributed by atoms with van der Waals surface area (Å²) in [6.07, 6.45) is 1.96. The normalized spacial score (nSPS) is 12.6. The summed E-state index contributed by atoms with van der Waals surface area (Å²) in [5.41, 5.74) is 2.30. The van der Waals surface area contributed by atoms with Gasteiger partial charge in [0.05, 0.1) is 12.8 Å². The number of hydrogen-bond donors (Lipinski definition) is 1. The fraction of sp³-hybridized carbons (Fsp3) is 0.438. The molecule has 0 radical (unpaired) electrons. The minimum absolute atomic E-state index is 0.295. The first-order valence-electron chi connectivity index (χ1n) is 7.09. The Morgan fingerprint density at radius 2 is 2.14 bits per heavy atom. The van der Waals surface area contributed by atoms with Gasteiger partial charge in [-0.05, 0) is 37.9 Å². The molecule has 1 aromatic carbocycles. The van der Waals surface area contributed by atoms with Crippen molar-refractivity contribution in [2.75, 3.05) is 27.7 Å². The maximum absolute atomic E-state index is 5.31. The predicted molar refractivity (Wildman–Crippen MR) is 84.3 cm³/mol. The molecule has 1 N–H and O–H groups in total. The number of aryl methyl sites for hydroxylation is 1. The number of hydrogen-bond acceptors (Lipinski definition) is 4. The van der Waals surface area contributed by atoms with Crippen molar-refractivity contribution in [3.05, 3.63) is 47.8 Å². The molecule has 0 amide bonds. The van der Waals surface area contributed by atoms with Gasteiger partial charge < -0.3 is 15.0 Å². The van der Waals surface area contributed by atoms with Gasteiger partial charge in [0.1, 0.15) is 5.75 Å². The van der Waals surface area contributed by atoms with Gasteiger partial charge in [-0.3, -0.25) is 4.68 Å². The second kappa shape index (κ2) is 7.24. The minimum Gasteiger partial charge on any atom is -0.497 e. The Morgan fingerprint density at radius 1 is 1.33 bits per heavy atom. The van der Waals surface area contributed by atoms with Crippen molar-refractivity contribution >= 4 is 0 Å². The van der Waals surface area contributed by atoms with E-state index in [1.165, 1.54) is 5.56 Å². The largest absolute Gasteiger partial charge is 0.497 e. The first-order valence-corrected chi connectivity index (χ1v) is 7.09. The Morgan fingerprint density at radius 3 is 2.76 bits per heavy atom. The molecule has 0 aliphatic carbocycles. The fourth-order valence-electron chi connectivity index (χ4n) is 2.34. The molecular formula is C16H24N4O. The smallest absolute Gasteiger partial charge is 0.119 e. The van der Waals surface area contributed by atoms with E-state index in [2.05, 4.69) is 41.5 Å². The lowest BCUT2D eigenvalue weighted by atomic mass is 10.1. The maximum atomic E-state index is 5.31. The van der Waals surface area contributed by atoms with Gasteiger partial charge >= 0.3 is 0 Å². The Kier molecular flexibility index (Phi) is 5.36. The highest BCUT2D eigenvalue weighted by atomic mass is 16.5. The number of nitrogens with one attached hydrogen (secondary N) is 1. The van der Waals surface area contributed by atoms with Crippen LogP contribution in [-0.4, -0.2) is 42.4 Å². The second-order valence-corrected chi connectivity index (χ2v) is 5.37. The van der Waals surface area contributed by atoms with E-state index in [1.807, 2.05) is 36.1 Å². The van der Waals surface area contributed by atoms with E-state index in [4.69, 9.17) is 4.74 Å². The molecule has 0 bridgehead atoms. The average molecular weight is 288 g/mol. The lowest BCUT2D eigenvalue weighted by Crippen LogP contribution is -2.31. The Bertz CT molecular complexity index is 565. The van der Waals surface area contributed by atoms with E-state index in [0.29, 0.717) is 6.04 Å². The molecule has 0 aliphatic heterocycles. The molecule has 1 unspecified atom stereocenters. The number of benzene rings is 1. The Labute approximate surface area is 126 Å². The van der Waals surface area contributed by atoms with Crippen molar-refractivity contribution in [1.29, 1.82) is 0 Å².